The first kappa shape index (κ1) is 48.2. The molecule has 54 heavy (non-hydrogen) atoms. The molecule has 0 saturated carbocycles. The molecule has 2 fully saturated rings. The van der Waals surface area contributed by atoms with Crippen LogP contribution < -0.4 is 0 Å². The highest BCUT2D eigenvalue weighted by Crippen LogP contribution is 2.54. The molecule has 0 aromatic heterocycles. The van der Waals surface area contributed by atoms with Gasteiger partial charge in [0.05, 0.1) is 0 Å². The van der Waals surface area contributed by atoms with Crippen LogP contribution in [0.3, 0.4) is 0 Å². The number of rotatable bonds is 31. The predicted octanol–water partition coefficient (Wildman–Crippen LogP) is 11.1. The summed E-state index contributed by atoms with van der Waals surface area (Å²) in [5.41, 5.74) is -3.81. The Balaban J connectivity index is 2.10. The van der Waals surface area contributed by atoms with Crippen LogP contribution in [0, 0.1) is 10.8 Å². The van der Waals surface area contributed by atoms with E-state index in [0.717, 1.165) is 38.5 Å². The van der Waals surface area contributed by atoms with E-state index in [4.69, 9.17) is 24.4 Å². The molecular weight excluding hydrogens is 713 g/mol. The summed E-state index contributed by atoms with van der Waals surface area (Å²) >= 11 is 11.0. The number of amides is 4. The zero-order valence-electron chi connectivity index (χ0n) is 35.5. The fourth-order valence-corrected chi connectivity index (χ4v) is 9.21. The van der Waals surface area contributed by atoms with Gasteiger partial charge in [0.1, 0.15) is 0 Å². The van der Waals surface area contributed by atoms with Crippen molar-refractivity contribution in [3.8, 4) is 0 Å². The summed E-state index contributed by atoms with van der Waals surface area (Å²) in [5, 5.41) is 0.169. The van der Waals surface area contributed by atoms with Crippen molar-refractivity contribution in [1.29, 1.82) is 0 Å². The van der Waals surface area contributed by atoms with Gasteiger partial charge in [-0.2, -0.15) is 0 Å². The molecule has 2 saturated heterocycles. The van der Waals surface area contributed by atoms with Gasteiger partial charge in [0.25, 0.3) is 0 Å². The molecule has 8 nitrogen and oxygen atoms in total. The fraction of sp³-hybridized carbons (Fsp3) is 0.864. The molecule has 0 atom stereocenters. The van der Waals surface area contributed by atoms with Crippen molar-refractivity contribution in [2.45, 2.75) is 206 Å². The first-order valence-electron chi connectivity index (χ1n) is 22.2. The van der Waals surface area contributed by atoms with Gasteiger partial charge < -0.3 is 0 Å². The Morgan fingerprint density at radius 1 is 0.333 bits per heavy atom. The lowest BCUT2D eigenvalue weighted by Gasteiger charge is -2.55. The van der Waals surface area contributed by atoms with Crippen molar-refractivity contribution in [2.24, 2.45) is 10.8 Å². The number of hydrogen-bond donors (Lipinski definition) is 0. The van der Waals surface area contributed by atoms with E-state index < -0.39 is 34.5 Å². The predicted molar refractivity (Wildman–Crippen MR) is 231 cm³/mol. The van der Waals surface area contributed by atoms with Crippen LogP contribution >= 0.6 is 24.4 Å². The maximum absolute atomic E-state index is 14.6. The van der Waals surface area contributed by atoms with Gasteiger partial charge in [0, 0.05) is 28.2 Å². The average molecular weight is 791 g/mol. The third kappa shape index (κ3) is 12.8. The largest absolute Gasteiger partial charge is 0.291 e. The van der Waals surface area contributed by atoms with Crippen LogP contribution in [0.2, 0.25) is 0 Å². The van der Waals surface area contributed by atoms with E-state index in [-0.39, 0.29) is 23.1 Å². The Kier molecular flexibility index (Phi) is 23.3. The Morgan fingerprint density at radius 2 is 0.500 bits per heavy atom. The summed E-state index contributed by atoms with van der Waals surface area (Å²) in [6.07, 6.45) is 33.1. The van der Waals surface area contributed by atoms with E-state index in [1.165, 1.54) is 148 Å². The monoisotopic (exact) mass is 791 g/mol. The summed E-state index contributed by atoms with van der Waals surface area (Å²) in [4.78, 5) is 63.8. The highest BCUT2D eigenvalue weighted by molar-refractivity contribution is 7.80. The van der Waals surface area contributed by atoms with Gasteiger partial charge in [0.2, 0.25) is 23.6 Å². The molecule has 0 radical (unpaired) electrons. The van der Waals surface area contributed by atoms with Gasteiger partial charge >= 0.3 is 0 Å². The van der Waals surface area contributed by atoms with Crippen molar-refractivity contribution < 1.29 is 19.2 Å². The molecule has 4 amide bonds. The molecular formula is C44H78N4O4S2. The molecule has 310 valence electrons. The number of carbonyl (C=O) groups is 4. The average Bonchev–Trinajstić information content (AvgIpc) is 3.17. The van der Waals surface area contributed by atoms with Crippen LogP contribution in [-0.4, -0.2) is 81.6 Å². The van der Waals surface area contributed by atoms with Crippen molar-refractivity contribution in [1.82, 2.24) is 19.6 Å². The van der Waals surface area contributed by atoms with Crippen molar-refractivity contribution in [2.75, 3.05) is 28.2 Å². The van der Waals surface area contributed by atoms with Gasteiger partial charge in [0.15, 0.2) is 21.1 Å². The maximum atomic E-state index is 14.6. The summed E-state index contributed by atoms with van der Waals surface area (Å²) in [5.74, 6) is -2.20. The minimum atomic E-state index is -1.90. The number of unbranched alkanes of at least 4 members (excludes halogenated alkanes) is 26. The van der Waals surface area contributed by atoms with Gasteiger partial charge in [-0.25, -0.2) is 0 Å². The minimum Gasteiger partial charge on any atom is -0.291 e. The third-order valence-corrected chi connectivity index (χ3v) is 13.5. The molecule has 0 aromatic carbocycles. The smallest absolute Gasteiger partial charge is 0.245 e. The molecule has 0 aliphatic carbocycles. The highest BCUT2D eigenvalue weighted by Gasteiger charge is 2.74. The minimum absolute atomic E-state index is 0.0844. The third-order valence-electron chi connectivity index (χ3n) is 12.4. The van der Waals surface area contributed by atoms with Crippen molar-refractivity contribution in [3.05, 3.63) is 0 Å². The lowest BCUT2D eigenvalue weighted by molar-refractivity contribution is -0.185. The first-order valence-corrected chi connectivity index (χ1v) is 23.0. The van der Waals surface area contributed by atoms with Crippen LogP contribution in [0.4, 0.5) is 0 Å². The van der Waals surface area contributed by atoms with Crippen molar-refractivity contribution >= 4 is 58.3 Å². The second-order valence-electron chi connectivity index (χ2n) is 16.5. The zero-order chi connectivity index (χ0) is 40.0. The lowest BCUT2D eigenvalue weighted by Crippen LogP contribution is -2.76. The number of hydrogen-bond acceptors (Lipinski definition) is 6. The van der Waals surface area contributed by atoms with E-state index in [1.54, 1.807) is 28.2 Å². The van der Waals surface area contributed by atoms with E-state index in [9.17, 15) is 19.2 Å². The molecule has 0 aromatic rings. The molecule has 10 heteroatoms. The molecule has 0 N–H and O–H groups in total. The van der Waals surface area contributed by atoms with Gasteiger partial charge in [-0.15, -0.1) is 0 Å². The van der Waals surface area contributed by atoms with Crippen LogP contribution in [0.5, 0.6) is 0 Å². The van der Waals surface area contributed by atoms with E-state index in [1.807, 2.05) is 0 Å². The molecule has 2 aliphatic rings. The Hall–Kier alpha value is -1.94. The van der Waals surface area contributed by atoms with Gasteiger partial charge in [-0.1, -0.05) is 194 Å². The summed E-state index contributed by atoms with van der Waals surface area (Å²) in [6, 6.07) is 0. The number of carbonyl (C=O) groups excluding carboxylic acids is 4. The van der Waals surface area contributed by atoms with Gasteiger partial charge in [-0.05, 0) is 37.3 Å². The molecule has 0 spiro atoms. The van der Waals surface area contributed by atoms with Crippen molar-refractivity contribution in [3.63, 3.8) is 0 Å². The van der Waals surface area contributed by atoms with E-state index in [0.29, 0.717) is 12.8 Å². The molecule has 0 bridgehead atoms. The maximum Gasteiger partial charge on any atom is 0.245 e. The zero-order valence-corrected chi connectivity index (χ0v) is 37.1. The quantitative estimate of drug-likeness (QED) is 0.0395. The second-order valence-corrected chi connectivity index (χ2v) is 17.3. The SMILES string of the molecule is CCCCCCCCCCCCCCCCC1(C2(CCCCCCCCCCCCCCCC)C(=O)N(C)C(=S)N(C)C2=O)C(=O)N(C)C(=S)N(C)C1=O. The fourth-order valence-electron chi connectivity index (χ4n) is 8.88. The Bertz CT molecular complexity index is 1060. The lowest BCUT2D eigenvalue weighted by atomic mass is 9.54. The topological polar surface area (TPSA) is 81.2 Å². The van der Waals surface area contributed by atoms with Crippen LogP contribution in [0.15, 0.2) is 0 Å². The number of thiocarbonyl (C=S) groups is 2. The normalized spacial score (nSPS) is 17.4. The Labute approximate surface area is 341 Å². The first-order chi connectivity index (χ1) is 26.0. The van der Waals surface area contributed by atoms with Gasteiger partial charge in [-0.3, -0.25) is 38.8 Å². The van der Waals surface area contributed by atoms with Crippen LogP contribution in [-0.2, 0) is 19.2 Å². The van der Waals surface area contributed by atoms with E-state index >= 15 is 0 Å². The molecule has 2 aliphatic heterocycles. The Morgan fingerprint density at radius 3 is 0.685 bits per heavy atom. The molecule has 2 rings (SSSR count). The van der Waals surface area contributed by atoms with Crippen LogP contribution in [0.1, 0.15) is 206 Å². The number of nitrogens with zero attached hydrogens (tertiary/aromatic N) is 4. The highest BCUT2D eigenvalue weighted by atomic mass is 32.1. The standard InChI is InChI=1S/C44H78N4O4S2/c1-7-9-11-13-15-17-19-21-23-25-27-29-31-33-35-43(37(49)45(3)41(53)46(4)38(43)50)44(39(51)47(5)42(54)48(6)40(44)52)36-34-32-30-28-26-24-22-20-18-16-14-12-10-8-2/h7-36H2,1-6H3. The van der Waals surface area contributed by atoms with E-state index in [2.05, 4.69) is 13.8 Å². The summed E-state index contributed by atoms with van der Waals surface area (Å²) in [6.45, 7) is 4.51. The summed E-state index contributed by atoms with van der Waals surface area (Å²) < 4.78 is 0. The second kappa shape index (κ2) is 26.1. The molecule has 2 heterocycles. The van der Waals surface area contributed by atoms with Crippen LogP contribution in [0.25, 0.3) is 0 Å². The summed E-state index contributed by atoms with van der Waals surface area (Å²) in [7, 11) is 6.24. The molecule has 0 unspecified atom stereocenters.